The van der Waals surface area contributed by atoms with Crippen molar-refractivity contribution in [2.75, 3.05) is 25.1 Å². The molecule has 0 saturated carbocycles. The maximum Gasteiger partial charge on any atom is 0.244 e. The van der Waals surface area contributed by atoms with Crippen LogP contribution >= 0.6 is 0 Å². The number of hydrogen-bond acceptors (Lipinski definition) is 3. The smallest absolute Gasteiger partial charge is 0.244 e. The number of piperazine rings is 1. The number of carbonyl (C=O) groups excluding carboxylic acids is 1. The lowest BCUT2D eigenvalue weighted by atomic mass is 10.1. The monoisotopic (exact) mass is 310 g/mol. The van der Waals surface area contributed by atoms with Crippen LogP contribution in [0.2, 0.25) is 0 Å². The minimum atomic E-state index is -0.145. The van der Waals surface area contributed by atoms with Crippen LogP contribution in [0.4, 0.5) is 5.69 Å². The van der Waals surface area contributed by atoms with Gasteiger partial charge in [0.2, 0.25) is 5.91 Å². The van der Waals surface area contributed by atoms with Crippen LogP contribution in [0.25, 0.3) is 0 Å². The van der Waals surface area contributed by atoms with Gasteiger partial charge in [0, 0.05) is 19.6 Å². The first-order valence-electron chi connectivity index (χ1n) is 7.93. The number of benzene rings is 2. The molecule has 4 nitrogen and oxygen atoms in total. The maximum atomic E-state index is 12.8. The van der Waals surface area contributed by atoms with E-state index in [1.807, 2.05) is 54.3 Å². The molecular weight excluding hydrogens is 288 g/mol. The Labute approximate surface area is 137 Å². The first kappa shape index (κ1) is 15.6. The molecule has 2 aromatic rings. The summed E-state index contributed by atoms with van der Waals surface area (Å²) in [6.45, 7) is 4.30. The van der Waals surface area contributed by atoms with Crippen LogP contribution in [-0.2, 0) is 11.3 Å². The molecule has 2 aromatic carbocycles. The van der Waals surface area contributed by atoms with E-state index in [1.54, 1.807) is 7.11 Å². The van der Waals surface area contributed by atoms with E-state index in [0.717, 1.165) is 24.5 Å². The fraction of sp³-hybridized carbons (Fsp3) is 0.316. The molecule has 1 heterocycles. The van der Waals surface area contributed by atoms with Gasteiger partial charge in [0.15, 0.2) is 0 Å². The van der Waals surface area contributed by atoms with Gasteiger partial charge in [-0.15, -0.1) is 0 Å². The molecule has 23 heavy (non-hydrogen) atoms. The molecule has 0 spiro atoms. The second kappa shape index (κ2) is 6.84. The lowest BCUT2D eigenvalue weighted by Crippen LogP contribution is -2.55. The zero-order chi connectivity index (χ0) is 16.2. The van der Waals surface area contributed by atoms with Crippen LogP contribution in [0, 0.1) is 0 Å². The van der Waals surface area contributed by atoms with E-state index in [0.29, 0.717) is 6.54 Å². The van der Waals surface area contributed by atoms with Crippen molar-refractivity contribution in [3.05, 3.63) is 60.2 Å². The van der Waals surface area contributed by atoms with Gasteiger partial charge in [-0.3, -0.25) is 9.69 Å². The summed E-state index contributed by atoms with van der Waals surface area (Å²) in [5.74, 6) is 0.862. The van der Waals surface area contributed by atoms with Gasteiger partial charge in [0.1, 0.15) is 5.75 Å². The van der Waals surface area contributed by atoms with E-state index < -0.39 is 0 Å². The number of amides is 1. The van der Waals surface area contributed by atoms with Crippen LogP contribution < -0.4 is 9.64 Å². The molecule has 1 aliphatic heterocycles. The van der Waals surface area contributed by atoms with Gasteiger partial charge in [-0.2, -0.15) is 0 Å². The normalized spacial score (nSPS) is 19.0. The average molecular weight is 310 g/mol. The molecule has 1 aliphatic rings. The predicted octanol–water partition coefficient (Wildman–Crippen LogP) is 2.93. The highest BCUT2D eigenvalue weighted by atomic mass is 16.5. The van der Waals surface area contributed by atoms with Crippen molar-refractivity contribution in [1.82, 2.24) is 4.90 Å². The van der Waals surface area contributed by atoms with E-state index in [9.17, 15) is 4.79 Å². The molecule has 0 N–H and O–H groups in total. The zero-order valence-electron chi connectivity index (χ0n) is 13.6. The van der Waals surface area contributed by atoms with Gasteiger partial charge in [-0.25, -0.2) is 0 Å². The van der Waals surface area contributed by atoms with Gasteiger partial charge < -0.3 is 9.64 Å². The fourth-order valence-electron chi connectivity index (χ4n) is 3.04. The summed E-state index contributed by atoms with van der Waals surface area (Å²) in [7, 11) is 1.64. The van der Waals surface area contributed by atoms with Crippen molar-refractivity contribution in [3.8, 4) is 5.75 Å². The molecule has 1 amide bonds. The SMILES string of the molecule is COc1ccccc1N1CCN(Cc2ccccc2)C(C)C1=O. The number of para-hydroxylation sites is 2. The van der Waals surface area contributed by atoms with Gasteiger partial charge in [-0.1, -0.05) is 42.5 Å². The Morgan fingerprint density at radius 2 is 1.74 bits per heavy atom. The van der Waals surface area contributed by atoms with Gasteiger partial charge in [-0.05, 0) is 24.6 Å². The Morgan fingerprint density at radius 1 is 1.04 bits per heavy atom. The van der Waals surface area contributed by atoms with Crippen LogP contribution in [0.5, 0.6) is 5.75 Å². The molecule has 1 atom stereocenters. The van der Waals surface area contributed by atoms with Crippen molar-refractivity contribution < 1.29 is 9.53 Å². The summed E-state index contributed by atoms with van der Waals surface area (Å²) in [6, 6.07) is 17.8. The minimum Gasteiger partial charge on any atom is -0.495 e. The second-order valence-corrected chi connectivity index (χ2v) is 5.79. The molecule has 4 heteroatoms. The lowest BCUT2D eigenvalue weighted by molar-refractivity contribution is -0.125. The summed E-state index contributed by atoms with van der Waals surface area (Å²) < 4.78 is 5.40. The zero-order valence-corrected chi connectivity index (χ0v) is 13.6. The highest BCUT2D eigenvalue weighted by molar-refractivity contribution is 5.98. The molecular formula is C19H22N2O2. The second-order valence-electron chi connectivity index (χ2n) is 5.79. The van der Waals surface area contributed by atoms with Crippen LogP contribution in [0.15, 0.2) is 54.6 Å². The van der Waals surface area contributed by atoms with E-state index in [-0.39, 0.29) is 11.9 Å². The summed E-state index contributed by atoms with van der Waals surface area (Å²) in [5.41, 5.74) is 2.09. The van der Waals surface area contributed by atoms with E-state index in [1.165, 1.54) is 5.56 Å². The van der Waals surface area contributed by atoms with Crippen LogP contribution in [0.3, 0.4) is 0 Å². The summed E-state index contributed by atoms with van der Waals surface area (Å²) in [4.78, 5) is 16.9. The van der Waals surface area contributed by atoms with Gasteiger partial charge >= 0.3 is 0 Å². The van der Waals surface area contributed by atoms with Crippen LogP contribution in [0.1, 0.15) is 12.5 Å². The first-order chi connectivity index (χ1) is 11.2. The van der Waals surface area contributed by atoms with Gasteiger partial charge in [0.05, 0.1) is 18.8 Å². The third-order valence-electron chi connectivity index (χ3n) is 4.39. The maximum absolute atomic E-state index is 12.8. The average Bonchev–Trinajstić information content (AvgIpc) is 2.60. The van der Waals surface area contributed by atoms with Crippen LogP contribution in [-0.4, -0.2) is 37.0 Å². The molecule has 0 aromatic heterocycles. The molecule has 1 unspecified atom stereocenters. The van der Waals surface area contributed by atoms with E-state index in [2.05, 4.69) is 17.0 Å². The number of nitrogens with zero attached hydrogens (tertiary/aromatic N) is 2. The Balaban J connectivity index is 1.76. The number of hydrogen-bond donors (Lipinski definition) is 0. The topological polar surface area (TPSA) is 32.8 Å². The molecule has 1 saturated heterocycles. The Morgan fingerprint density at radius 3 is 2.48 bits per heavy atom. The number of ether oxygens (including phenoxy) is 1. The summed E-state index contributed by atoms with van der Waals surface area (Å²) in [6.07, 6.45) is 0. The molecule has 0 bridgehead atoms. The summed E-state index contributed by atoms with van der Waals surface area (Å²) >= 11 is 0. The lowest BCUT2D eigenvalue weighted by Gasteiger charge is -2.39. The van der Waals surface area contributed by atoms with E-state index in [4.69, 9.17) is 4.74 Å². The highest BCUT2D eigenvalue weighted by Gasteiger charge is 2.33. The van der Waals surface area contributed by atoms with Gasteiger partial charge in [0.25, 0.3) is 0 Å². The quantitative estimate of drug-likeness (QED) is 0.870. The van der Waals surface area contributed by atoms with Crippen molar-refractivity contribution in [1.29, 1.82) is 0 Å². The Kier molecular flexibility index (Phi) is 4.63. The standard InChI is InChI=1S/C19H22N2O2/c1-15-19(22)21(17-10-6-7-11-18(17)23-2)13-12-20(15)14-16-8-4-3-5-9-16/h3-11,15H,12-14H2,1-2H3. The van der Waals surface area contributed by atoms with E-state index >= 15 is 0 Å². The predicted molar refractivity (Wildman–Crippen MR) is 91.7 cm³/mol. The Hall–Kier alpha value is -2.33. The number of rotatable bonds is 4. The molecule has 120 valence electrons. The number of methoxy groups -OCH3 is 1. The molecule has 0 radical (unpaired) electrons. The summed E-state index contributed by atoms with van der Waals surface area (Å²) in [5, 5.41) is 0. The largest absolute Gasteiger partial charge is 0.495 e. The molecule has 0 aliphatic carbocycles. The number of carbonyl (C=O) groups is 1. The van der Waals surface area contributed by atoms with Crippen molar-refractivity contribution in [2.24, 2.45) is 0 Å². The fourth-order valence-corrected chi connectivity index (χ4v) is 3.04. The van der Waals surface area contributed by atoms with Crippen molar-refractivity contribution >= 4 is 11.6 Å². The first-order valence-corrected chi connectivity index (χ1v) is 7.93. The number of anilines is 1. The van der Waals surface area contributed by atoms with Crippen molar-refractivity contribution in [2.45, 2.75) is 19.5 Å². The van der Waals surface area contributed by atoms with Crippen molar-refractivity contribution in [3.63, 3.8) is 0 Å². The Bertz CT molecular complexity index is 672. The third kappa shape index (κ3) is 3.22. The molecule has 1 fully saturated rings. The third-order valence-corrected chi connectivity index (χ3v) is 4.39. The highest BCUT2D eigenvalue weighted by Crippen LogP contribution is 2.30. The molecule has 3 rings (SSSR count). The minimum absolute atomic E-state index is 0.122.